The molecule has 1 aromatic heterocycles. The quantitative estimate of drug-likeness (QED) is 0.916. The van der Waals surface area contributed by atoms with Crippen LogP contribution >= 0.6 is 0 Å². The zero-order valence-electron chi connectivity index (χ0n) is 9.83. The van der Waals surface area contributed by atoms with Crippen LogP contribution in [0.1, 0.15) is 5.56 Å². The summed E-state index contributed by atoms with van der Waals surface area (Å²) >= 11 is 0. The van der Waals surface area contributed by atoms with Gasteiger partial charge in [0, 0.05) is 13.2 Å². The molecule has 0 fully saturated rings. The average Bonchev–Trinajstić information content (AvgIpc) is 2.76. The number of rotatable bonds is 3. The highest BCUT2D eigenvalue weighted by molar-refractivity contribution is 7.92. The third kappa shape index (κ3) is 2.56. The average molecular weight is 280 g/mol. The van der Waals surface area contributed by atoms with Gasteiger partial charge in [0.05, 0.1) is 11.9 Å². The molecule has 2 aromatic rings. The summed E-state index contributed by atoms with van der Waals surface area (Å²) in [6.45, 7) is 0. The van der Waals surface area contributed by atoms with E-state index in [9.17, 15) is 12.8 Å². The van der Waals surface area contributed by atoms with Gasteiger partial charge in [-0.1, -0.05) is 6.07 Å². The number of sulfonamides is 1. The lowest BCUT2D eigenvalue weighted by atomic mass is 10.2. The third-order valence-electron chi connectivity index (χ3n) is 2.36. The number of halogens is 1. The Morgan fingerprint density at radius 2 is 2.21 bits per heavy atom. The van der Waals surface area contributed by atoms with Gasteiger partial charge in [0.25, 0.3) is 10.0 Å². The zero-order chi connectivity index (χ0) is 14.0. The van der Waals surface area contributed by atoms with Crippen molar-refractivity contribution >= 4 is 15.7 Å². The van der Waals surface area contributed by atoms with Crippen LogP contribution in [-0.2, 0) is 17.1 Å². The number of nitriles is 1. The molecule has 0 atom stereocenters. The number of nitrogens with one attached hydrogen (secondary N) is 1. The molecule has 1 N–H and O–H groups in total. The van der Waals surface area contributed by atoms with E-state index >= 15 is 0 Å². The van der Waals surface area contributed by atoms with Crippen LogP contribution in [0.4, 0.5) is 10.1 Å². The molecule has 0 amide bonds. The molecule has 0 aliphatic carbocycles. The Labute approximate surface area is 109 Å². The first-order valence-corrected chi connectivity index (χ1v) is 6.62. The maximum Gasteiger partial charge on any atom is 0.265 e. The minimum atomic E-state index is -3.89. The van der Waals surface area contributed by atoms with Crippen molar-refractivity contribution < 1.29 is 12.8 Å². The first-order valence-electron chi connectivity index (χ1n) is 5.14. The van der Waals surface area contributed by atoms with Crippen molar-refractivity contribution in [1.82, 2.24) is 9.78 Å². The molecule has 0 saturated heterocycles. The van der Waals surface area contributed by atoms with E-state index in [1.54, 1.807) is 13.1 Å². The summed E-state index contributed by atoms with van der Waals surface area (Å²) in [5.41, 5.74) is -0.457. The van der Waals surface area contributed by atoms with Crippen molar-refractivity contribution in [2.75, 3.05) is 4.72 Å². The summed E-state index contributed by atoms with van der Waals surface area (Å²) in [5.74, 6) is -0.783. The number of nitrogens with zero attached hydrogens (tertiary/aromatic N) is 3. The van der Waals surface area contributed by atoms with E-state index in [0.717, 1.165) is 12.3 Å². The van der Waals surface area contributed by atoms with Crippen LogP contribution in [0.2, 0.25) is 0 Å². The molecule has 0 saturated carbocycles. The van der Waals surface area contributed by atoms with Crippen molar-refractivity contribution in [3.8, 4) is 6.07 Å². The van der Waals surface area contributed by atoms with Crippen LogP contribution in [0, 0.1) is 17.1 Å². The standard InChI is InChI=1S/C11H9FN4O2S/c1-16-7-8(6-14-16)19(17,18)15-11-4-2-3-10(12)9(11)5-13/h2-4,6-7,15H,1H3. The summed E-state index contributed by atoms with van der Waals surface area (Å²) in [6, 6.07) is 5.34. The van der Waals surface area contributed by atoms with Crippen molar-refractivity contribution in [3.63, 3.8) is 0 Å². The highest BCUT2D eigenvalue weighted by atomic mass is 32.2. The number of aromatic nitrogens is 2. The third-order valence-corrected chi connectivity index (χ3v) is 3.68. The molecule has 1 heterocycles. The maximum atomic E-state index is 13.4. The van der Waals surface area contributed by atoms with Crippen LogP contribution in [0.25, 0.3) is 0 Å². The fourth-order valence-electron chi connectivity index (χ4n) is 1.46. The predicted molar refractivity (Wildman–Crippen MR) is 65.1 cm³/mol. The number of hydrogen-bond acceptors (Lipinski definition) is 4. The normalized spacial score (nSPS) is 11.0. The summed E-state index contributed by atoms with van der Waals surface area (Å²) in [7, 11) is -2.32. The van der Waals surface area contributed by atoms with Crippen molar-refractivity contribution in [3.05, 3.63) is 42.0 Å². The molecule has 0 radical (unpaired) electrons. The second-order valence-electron chi connectivity index (χ2n) is 3.73. The Hall–Kier alpha value is -2.40. The van der Waals surface area contributed by atoms with Gasteiger partial charge >= 0.3 is 0 Å². The van der Waals surface area contributed by atoms with Crippen LogP contribution in [0.15, 0.2) is 35.5 Å². The van der Waals surface area contributed by atoms with E-state index in [-0.39, 0.29) is 16.1 Å². The number of hydrogen-bond donors (Lipinski definition) is 1. The predicted octanol–water partition coefficient (Wildman–Crippen LogP) is 1.23. The van der Waals surface area contributed by atoms with E-state index in [1.807, 2.05) is 0 Å². The molecule has 0 bridgehead atoms. The largest absolute Gasteiger partial charge is 0.278 e. The Morgan fingerprint density at radius 1 is 1.47 bits per heavy atom. The second kappa shape index (κ2) is 4.70. The molecule has 1 aromatic carbocycles. The van der Waals surface area contributed by atoms with Gasteiger partial charge in [-0.15, -0.1) is 0 Å². The molecule has 0 aliphatic heterocycles. The zero-order valence-corrected chi connectivity index (χ0v) is 10.6. The second-order valence-corrected chi connectivity index (χ2v) is 5.41. The molecule has 2 rings (SSSR count). The van der Waals surface area contributed by atoms with Gasteiger partial charge in [0.1, 0.15) is 22.3 Å². The number of aryl methyl sites for hydroxylation is 1. The van der Waals surface area contributed by atoms with Gasteiger partial charge < -0.3 is 0 Å². The van der Waals surface area contributed by atoms with Crippen LogP contribution < -0.4 is 4.72 Å². The van der Waals surface area contributed by atoms with Crippen molar-refractivity contribution in [2.24, 2.45) is 7.05 Å². The number of benzene rings is 1. The SMILES string of the molecule is Cn1cc(S(=O)(=O)Nc2cccc(F)c2C#N)cn1. The first-order chi connectivity index (χ1) is 8.94. The number of anilines is 1. The summed E-state index contributed by atoms with van der Waals surface area (Å²) < 4.78 is 40.8. The first kappa shape index (κ1) is 13.0. The Kier molecular flexibility index (Phi) is 3.23. The van der Waals surface area contributed by atoms with Crippen LogP contribution in [-0.4, -0.2) is 18.2 Å². The van der Waals surface area contributed by atoms with E-state index < -0.39 is 15.8 Å². The van der Waals surface area contributed by atoms with Crippen LogP contribution in [0.5, 0.6) is 0 Å². The summed E-state index contributed by atoms with van der Waals surface area (Å²) in [4.78, 5) is -0.0665. The van der Waals surface area contributed by atoms with Gasteiger partial charge in [0.2, 0.25) is 0 Å². The minimum Gasteiger partial charge on any atom is -0.278 e. The highest BCUT2D eigenvalue weighted by Gasteiger charge is 2.19. The van der Waals surface area contributed by atoms with Crippen molar-refractivity contribution in [1.29, 1.82) is 5.26 Å². The fraction of sp³-hybridized carbons (Fsp3) is 0.0909. The van der Waals surface area contributed by atoms with E-state index in [2.05, 4.69) is 9.82 Å². The minimum absolute atomic E-state index is 0.0665. The Bertz CT molecular complexity index is 761. The monoisotopic (exact) mass is 280 g/mol. The van der Waals surface area contributed by atoms with E-state index in [1.165, 1.54) is 23.0 Å². The van der Waals surface area contributed by atoms with Crippen molar-refractivity contribution in [2.45, 2.75) is 4.90 Å². The molecule has 98 valence electrons. The lowest BCUT2D eigenvalue weighted by Crippen LogP contribution is -2.13. The van der Waals surface area contributed by atoms with E-state index in [0.29, 0.717) is 0 Å². The molecular formula is C11H9FN4O2S. The molecule has 0 unspecified atom stereocenters. The summed E-state index contributed by atoms with van der Waals surface area (Å²) in [6.07, 6.45) is 2.46. The van der Waals surface area contributed by atoms with Gasteiger partial charge in [-0.25, -0.2) is 12.8 Å². The lowest BCUT2D eigenvalue weighted by Gasteiger charge is -2.07. The topological polar surface area (TPSA) is 87.8 Å². The van der Waals surface area contributed by atoms with Gasteiger partial charge in [-0.05, 0) is 12.1 Å². The molecule has 0 aliphatic rings. The molecule has 8 heteroatoms. The van der Waals surface area contributed by atoms with Crippen LogP contribution in [0.3, 0.4) is 0 Å². The van der Waals surface area contributed by atoms with E-state index in [4.69, 9.17) is 5.26 Å². The molecular weight excluding hydrogens is 271 g/mol. The van der Waals surface area contributed by atoms with Gasteiger partial charge in [-0.2, -0.15) is 10.4 Å². The molecule has 6 nitrogen and oxygen atoms in total. The smallest absolute Gasteiger partial charge is 0.265 e. The lowest BCUT2D eigenvalue weighted by molar-refractivity contribution is 0.600. The van der Waals surface area contributed by atoms with Gasteiger partial charge in [0.15, 0.2) is 0 Å². The highest BCUT2D eigenvalue weighted by Crippen LogP contribution is 2.21. The van der Waals surface area contributed by atoms with Gasteiger partial charge in [-0.3, -0.25) is 9.40 Å². The summed E-state index contributed by atoms with van der Waals surface area (Å²) in [5, 5.41) is 12.6. The molecule has 0 spiro atoms. The Morgan fingerprint density at radius 3 is 2.79 bits per heavy atom. The Balaban J connectivity index is 2.42. The molecule has 19 heavy (non-hydrogen) atoms. The fourth-order valence-corrected chi connectivity index (χ4v) is 2.52. The maximum absolute atomic E-state index is 13.4.